The molecule has 1 aliphatic heterocycles. The second-order valence-electron chi connectivity index (χ2n) is 8.26. The first-order valence-corrected chi connectivity index (χ1v) is 11.6. The molecule has 0 bridgehead atoms. The maximum Gasteiger partial charge on any atom is 0.227 e. The van der Waals surface area contributed by atoms with Crippen LogP contribution in [-0.4, -0.2) is 31.5 Å². The highest BCUT2D eigenvalue weighted by molar-refractivity contribution is 6.01. The van der Waals surface area contributed by atoms with Crippen LogP contribution in [0.1, 0.15) is 36.8 Å². The van der Waals surface area contributed by atoms with E-state index < -0.39 is 0 Å². The van der Waals surface area contributed by atoms with Crippen molar-refractivity contribution in [1.29, 1.82) is 0 Å². The van der Waals surface area contributed by atoms with Crippen molar-refractivity contribution in [3.05, 3.63) is 96.1 Å². The quantitative estimate of drug-likeness (QED) is 0.519. The van der Waals surface area contributed by atoms with Gasteiger partial charge < -0.3 is 15.0 Å². The second-order valence-corrected chi connectivity index (χ2v) is 8.26. The van der Waals surface area contributed by atoms with E-state index in [-0.39, 0.29) is 30.1 Å². The number of nitrogens with zero attached hydrogens (tertiary/aromatic N) is 1. The Morgan fingerprint density at radius 2 is 1.58 bits per heavy atom. The fourth-order valence-corrected chi connectivity index (χ4v) is 4.45. The normalized spacial score (nSPS) is 15.6. The number of para-hydroxylation sites is 2. The number of hydrogen-bond donors (Lipinski definition) is 1. The molecule has 4 rings (SSSR count). The summed E-state index contributed by atoms with van der Waals surface area (Å²) >= 11 is 0. The van der Waals surface area contributed by atoms with Gasteiger partial charge in [0, 0.05) is 25.4 Å². The summed E-state index contributed by atoms with van der Waals surface area (Å²) in [5.74, 6) is 0.392. The molecule has 1 atom stereocenters. The minimum Gasteiger partial charge on any atom is -0.492 e. The molecule has 2 amide bonds. The topological polar surface area (TPSA) is 58.6 Å². The predicted molar refractivity (Wildman–Crippen MR) is 130 cm³/mol. The van der Waals surface area contributed by atoms with E-state index in [1.54, 1.807) is 4.90 Å². The lowest BCUT2D eigenvalue weighted by atomic mass is 9.88. The average Bonchev–Trinajstić information content (AvgIpc) is 3.25. The van der Waals surface area contributed by atoms with Gasteiger partial charge in [0.15, 0.2) is 0 Å². The van der Waals surface area contributed by atoms with Gasteiger partial charge in [0.25, 0.3) is 0 Å². The SMILES string of the molecule is CCOc1ccccc1N1C[C@@H](C(=O)NCCC(c2ccccc2)c2ccccc2)CC1=O. The monoisotopic (exact) mass is 442 g/mol. The van der Waals surface area contributed by atoms with Gasteiger partial charge >= 0.3 is 0 Å². The van der Waals surface area contributed by atoms with Crippen LogP contribution in [0.3, 0.4) is 0 Å². The lowest BCUT2D eigenvalue weighted by molar-refractivity contribution is -0.126. The molecule has 3 aromatic rings. The Hall–Kier alpha value is -3.60. The van der Waals surface area contributed by atoms with E-state index in [9.17, 15) is 9.59 Å². The van der Waals surface area contributed by atoms with E-state index in [0.29, 0.717) is 25.4 Å². The van der Waals surface area contributed by atoms with Gasteiger partial charge in [0.2, 0.25) is 11.8 Å². The van der Waals surface area contributed by atoms with Crippen LogP contribution in [0.4, 0.5) is 5.69 Å². The van der Waals surface area contributed by atoms with Gasteiger partial charge in [-0.25, -0.2) is 0 Å². The van der Waals surface area contributed by atoms with Crippen molar-refractivity contribution in [2.24, 2.45) is 5.92 Å². The summed E-state index contributed by atoms with van der Waals surface area (Å²) in [7, 11) is 0. The first-order valence-electron chi connectivity index (χ1n) is 11.6. The van der Waals surface area contributed by atoms with Crippen LogP contribution in [0.15, 0.2) is 84.9 Å². The molecule has 5 heteroatoms. The van der Waals surface area contributed by atoms with Crippen molar-refractivity contribution in [3.8, 4) is 5.75 Å². The molecule has 0 aromatic heterocycles. The highest BCUT2D eigenvalue weighted by Gasteiger charge is 2.36. The first-order chi connectivity index (χ1) is 16.2. The third-order valence-corrected chi connectivity index (χ3v) is 6.09. The number of amides is 2. The molecule has 33 heavy (non-hydrogen) atoms. The lowest BCUT2D eigenvalue weighted by Crippen LogP contribution is -2.34. The second kappa shape index (κ2) is 10.8. The first kappa shape index (κ1) is 22.6. The molecule has 1 fully saturated rings. The molecule has 0 aliphatic carbocycles. The van der Waals surface area contributed by atoms with Crippen molar-refractivity contribution in [2.75, 3.05) is 24.6 Å². The van der Waals surface area contributed by atoms with Crippen LogP contribution in [-0.2, 0) is 9.59 Å². The van der Waals surface area contributed by atoms with Gasteiger partial charge in [-0.1, -0.05) is 72.8 Å². The van der Waals surface area contributed by atoms with E-state index in [1.165, 1.54) is 11.1 Å². The number of rotatable bonds is 9. The standard InChI is InChI=1S/C28H30N2O3/c1-2-33-26-16-10-9-15-25(26)30-20-23(19-27(30)31)28(32)29-18-17-24(21-11-5-3-6-12-21)22-13-7-4-8-14-22/h3-16,23-24H,2,17-20H2,1H3,(H,29,32)/t23-/m0/s1. The molecule has 170 valence electrons. The summed E-state index contributed by atoms with van der Waals surface area (Å²) in [5, 5.41) is 3.08. The lowest BCUT2D eigenvalue weighted by Gasteiger charge is -2.20. The molecule has 5 nitrogen and oxygen atoms in total. The molecule has 1 saturated heterocycles. The number of benzene rings is 3. The summed E-state index contributed by atoms with van der Waals surface area (Å²) in [5.41, 5.74) is 3.19. The summed E-state index contributed by atoms with van der Waals surface area (Å²) in [6.45, 7) is 3.35. The Morgan fingerprint density at radius 1 is 0.970 bits per heavy atom. The molecule has 1 aliphatic rings. The van der Waals surface area contributed by atoms with E-state index >= 15 is 0 Å². The summed E-state index contributed by atoms with van der Waals surface area (Å²) in [6.07, 6.45) is 1.00. The molecular formula is C28H30N2O3. The van der Waals surface area contributed by atoms with Crippen LogP contribution >= 0.6 is 0 Å². The average molecular weight is 443 g/mol. The zero-order valence-electron chi connectivity index (χ0n) is 18.9. The van der Waals surface area contributed by atoms with Crippen LogP contribution in [0, 0.1) is 5.92 Å². The van der Waals surface area contributed by atoms with Crippen LogP contribution in [0.25, 0.3) is 0 Å². The third kappa shape index (κ3) is 5.43. The minimum absolute atomic E-state index is 0.0475. The highest BCUT2D eigenvalue weighted by atomic mass is 16.5. The smallest absolute Gasteiger partial charge is 0.227 e. The van der Waals surface area contributed by atoms with Gasteiger partial charge in [0.05, 0.1) is 18.2 Å². The Bertz CT molecular complexity index is 1030. The third-order valence-electron chi connectivity index (χ3n) is 6.09. The maximum atomic E-state index is 12.9. The molecule has 1 N–H and O–H groups in total. The number of carbonyl (C=O) groups is 2. The van der Waals surface area contributed by atoms with Crippen molar-refractivity contribution in [2.45, 2.75) is 25.7 Å². The largest absolute Gasteiger partial charge is 0.492 e. The van der Waals surface area contributed by atoms with Gasteiger partial charge in [-0.3, -0.25) is 9.59 Å². The van der Waals surface area contributed by atoms with E-state index in [4.69, 9.17) is 4.74 Å². The highest BCUT2D eigenvalue weighted by Crippen LogP contribution is 2.33. The Balaban J connectivity index is 1.38. The molecule has 3 aromatic carbocycles. The summed E-state index contributed by atoms with van der Waals surface area (Å²) in [6, 6.07) is 28.2. The van der Waals surface area contributed by atoms with Crippen molar-refractivity contribution in [1.82, 2.24) is 5.32 Å². The summed E-state index contributed by atoms with van der Waals surface area (Å²) in [4.78, 5) is 27.3. The molecule has 0 spiro atoms. The molecule has 0 unspecified atom stereocenters. The van der Waals surface area contributed by atoms with Gasteiger partial charge in [-0.2, -0.15) is 0 Å². The van der Waals surface area contributed by atoms with Gasteiger partial charge in [-0.15, -0.1) is 0 Å². The molecule has 0 saturated carbocycles. The zero-order valence-corrected chi connectivity index (χ0v) is 18.9. The van der Waals surface area contributed by atoms with Crippen LogP contribution in [0.2, 0.25) is 0 Å². The van der Waals surface area contributed by atoms with Crippen molar-refractivity contribution < 1.29 is 14.3 Å². The van der Waals surface area contributed by atoms with Crippen LogP contribution < -0.4 is 15.0 Å². The van der Waals surface area contributed by atoms with Crippen LogP contribution in [0.5, 0.6) is 5.75 Å². The van der Waals surface area contributed by atoms with Crippen molar-refractivity contribution in [3.63, 3.8) is 0 Å². The Morgan fingerprint density at radius 3 is 2.21 bits per heavy atom. The zero-order chi connectivity index (χ0) is 23.0. The molecular weight excluding hydrogens is 412 g/mol. The predicted octanol–water partition coefficient (Wildman–Crippen LogP) is 4.78. The number of carbonyl (C=O) groups excluding carboxylic acids is 2. The van der Waals surface area contributed by atoms with Gasteiger partial charge in [0.1, 0.15) is 5.75 Å². The number of nitrogens with one attached hydrogen (secondary N) is 1. The molecule has 1 heterocycles. The van der Waals surface area contributed by atoms with E-state index in [2.05, 4.69) is 29.6 Å². The van der Waals surface area contributed by atoms with E-state index in [1.807, 2.05) is 67.6 Å². The van der Waals surface area contributed by atoms with Gasteiger partial charge in [-0.05, 0) is 36.6 Å². The number of anilines is 1. The number of hydrogen-bond acceptors (Lipinski definition) is 3. The fourth-order valence-electron chi connectivity index (χ4n) is 4.45. The van der Waals surface area contributed by atoms with Crippen molar-refractivity contribution >= 4 is 17.5 Å². The fraction of sp³-hybridized carbons (Fsp3) is 0.286. The number of ether oxygens (including phenoxy) is 1. The minimum atomic E-state index is -0.362. The molecule has 0 radical (unpaired) electrons. The van der Waals surface area contributed by atoms with E-state index in [0.717, 1.165) is 12.1 Å². The maximum absolute atomic E-state index is 12.9. The summed E-state index contributed by atoms with van der Waals surface area (Å²) < 4.78 is 5.67. The Kier molecular flexibility index (Phi) is 7.40. The Labute approximate surface area is 195 Å².